The zero-order valence-corrected chi connectivity index (χ0v) is 15.8. The molecule has 138 valence electrons. The van der Waals surface area contributed by atoms with E-state index >= 15 is 0 Å². The van der Waals surface area contributed by atoms with Crippen molar-refractivity contribution in [1.29, 1.82) is 0 Å². The fourth-order valence-corrected chi connectivity index (χ4v) is 3.90. The van der Waals surface area contributed by atoms with Crippen molar-refractivity contribution < 1.29 is 9.90 Å². The molecule has 0 radical (unpaired) electrons. The number of benzene rings is 2. The van der Waals surface area contributed by atoms with Gasteiger partial charge in [-0.2, -0.15) is 0 Å². The molecule has 0 unspecified atom stereocenters. The molecule has 0 saturated heterocycles. The Bertz CT molecular complexity index is 706. The summed E-state index contributed by atoms with van der Waals surface area (Å²) in [4.78, 5) is 13.5. The summed E-state index contributed by atoms with van der Waals surface area (Å²) < 4.78 is 0. The van der Waals surface area contributed by atoms with E-state index in [2.05, 4.69) is 17.0 Å². The number of aromatic carboxylic acids is 1. The molecule has 0 spiro atoms. The highest BCUT2D eigenvalue weighted by Gasteiger charge is 2.18. The second-order valence-electron chi connectivity index (χ2n) is 7.30. The highest BCUT2D eigenvalue weighted by atomic mass is 35.5. The first kappa shape index (κ1) is 18.9. The van der Waals surface area contributed by atoms with Crippen LogP contribution in [0.2, 0.25) is 5.02 Å². The number of hydrogen-bond donors (Lipinski definition) is 1. The predicted molar refractivity (Wildman–Crippen MR) is 106 cm³/mol. The van der Waals surface area contributed by atoms with Gasteiger partial charge in [-0.1, -0.05) is 55.1 Å². The lowest BCUT2D eigenvalue weighted by Crippen LogP contribution is -2.30. The topological polar surface area (TPSA) is 40.5 Å². The van der Waals surface area contributed by atoms with Crippen LogP contribution in [-0.2, 0) is 13.1 Å². The minimum atomic E-state index is -0.878. The summed E-state index contributed by atoms with van der Waals surface area (Å²) in [6, 6.07) is 15.3. The van der Waals surface area contributed by atoms with Gasteiger partial charge in [-0.25, -0.2) is 4.79 Å². The van der Waals surface area contributed by atoms with Crippen molar-refractivity contribution in [3.05, 3.63) is 70.2 Å². The van der Waals surface area contributed by atoms with Gasteiger partial charge in [0.25, 0.3) is 0 Å². The third-order valence-electron chi connectivity index (χ3n) is 5.17. The first-order valence-corrected chi connectivity index (χ1v) is 9.77. The van der Waals surface area contributed by atoms with Gasteiger partial charge >= 0.3 is 5.97 Å². The summed E-state index contributed by atoms with van der Waals surface area (Å²) in [6.07, 6.45) is 6.67. The second-order valence-corrected chi connectivity index (χ2v) is 7.74. The molecule has 4 heteroatoms. The van der Waals surface area contributed by atoms with Gasteiger partial charge in [-0.15, -0.1) is 0 Å². The summed E-state index contributed by atoms with van der Waals surface area (Å²) in [5.41, 5.74) is 2.75. The molecule has 2 aromatic carbocycles. The minimum absolute atomic E-state index is 0.338. The molecule has 0 atom stereocenters. The van der Waals surface area contributed by atoms with E-state index in [-0.39, 0.29) is 0 Å². The van der Waals surface area contributed by atoms with Gasteiger partial charge in [0.1, 0.15) is 0 Å². The first-order valence-electron chi connectivity index (χ1n) is 9.39. The van der Waals surface area contributed by atoms with Crippen LogP contribution >= 0.6 is 11.6 Å². The lowest BCUT2D eigenvalue weighted by Gasteiger charge is -2.30. The standard InChI is InChI=1S/C22H26ClNO2/c23-21-12-8-19(9-13-21)16-24(14-17-4-2-1-3-5-17)15-18-6-10-20(11-7-18)22(25)26/h6-13,17H,1-5,14-16H2,(H,25,26). The Balaban J connectivity index is 1.70. The molecule has 0 aliphatic heterocycles. The fraction of sp³-hybridized carbons (Fsp3) is 0.409. The molecule has 3 nitrogen and oxygen atoms in total. The molecule has 1 fully saturated rings. The van der Waals surface area contributed by atoms with E-state index in [1.54, 1.807) is 12.1 Å². The quantitative estimate of drug-likeness (QED) is 0.686. The zero-order chi connectivity index (χ0) is 18.4. The SMILES string of the molecule is O=C(O)c1ccc(CN(Cc2ccc(Cl)cc2)CC2CCCCC2)cc1. The summed E-state index contributed by atoms with van der Waals surface area (Å²) >= 11 is 6.01. The highest BCUT2D eigenvalue weighted by molar-refractivity contribution is 6.30. The van der Waals surface area contributed by atoms with E-state index in [0.717, 1.165) is 36.1 Å². The highest BCUT2D eigenvalue weighted by Crippen LogP contribution is 2.26. The van der Waals surface area contributed by atoms with Crippen molar-refractivity contribution in [1.82, 2.24) is 4.90 Å². The summed E-state index contributed by atoms with van der Waals surface area (Å²) in [5, 5.41) is 9.83. The van der Waals surface area contributed by atoms with Crippen LogP contribution in [0.25, 0.3) is 0 Å². The van der Waals surface area contributed by atoms with Gasteiger partial charge in [-0.3, -0.25) is 4.90 Å². The Hall–Kier alpha value is -1.84. The Morgan fingerprint density at radius 3 is 2.00 bits per heavy atom. The van der Waals surface area contributed by atoms with Crippen molar-refractivity contribution in [3.63, 3.8) is 0 Å². The summed E-state index contributed by atoms with van der Waals surface area (Å²) in [6.45, 7) is 2.80. The molecule has 1 aliphatic carbocycles. The molecule has 1 aliphatic rings. The first-order chi connectivity index (χ1) is 12.6. The normalized spacial score (nSPS) is 15.3. The van der Waals surface area contributed by atoms with Crippen LogP contribution in [0.15, 0.2) is 48.5 Å². The van der Waals surface area contributed by atoms with Crippen LogP contribution in [0.5, 0.6) is 0 Å². The van der Waals surface area contributed by atoms with Gasteiger partial charge in [0.2, 0.25) is 0 Å². The molecule has 26 heavy (non-hydrogen) atoms. The second kappa shape index (κ2) is 9.20. The van der Waals surface area contributed by atoms with Gasteiger partial charge in [0.15, 0.2) is 0 Å². The third-order valence-corrected chi connectivity index (χ3v) is 5.42. The maximum Gasteiger partial charge on any atom is 0.335 e. The van der Waals surface area contributed by atoms with E-state index in [1.165, 1.54) is 37.7 Å². The Morgan fingerprint density at radius 2 is 1.46 bits per heavy atom. The molecule has 0 aromatic heterocycles. The average molecular weight is 372 g/mol. The van der Waals surface area contributed by atoms with E-state index in [9.17, 15) is 4.79 Å². The van der Waals surface area contributed by atoms with Crippen molar-refractivity contribution in [2.45, 2.75) is 45.2 Å². The molecular formula is C22H26ClNO2. The Kier molecular flexibility index (Phi) is 6.70. The largest absolute Gasteiger partial charge is 0.478 e. The molecule has 2 aromatic rings. The number of hydrogen-bond acceptors (Lipinski definition) is 2. The molecule has 0 heterocycles. The molecule has 1 N–H and O–H groups in total. The predicted octanol–water partition coefficient (Wildman–Crippen LogP) is 5.62. The lowest BCUT2D eigenvalue weighted by atomic mass is 9.88. The number of carboxylic acids is 1. The number of carbonyl (C=O) groups is 1. The van der Waals surface area contributed by atoms with E-state index in [1.807, 2.05) is 24.3 Å². The number of carboxylic acid groups (broad SMARTS) is 1. The summed E-state index contributed by atoms with van der Waals surface area (Å²) in [7, 11) is 0. The molecule has 0 bridgehead atoms. The fourth-order valence-electron chi connectivity index (χ4n) is 3.78. The van der Waals surface area contributed by atoms with Crippen LogP contribution in [0.1, 0.15) is 53.6 Å². The maximum atomic E-state index is 11.0. The number of halogens is 1. The monoisotopic (exact) mass is 371 g/mol. The van der Waals surface area contributed by atoms with Crippen LogP contribution < -0.4 is 0 Å². The van der Waals surface area contributed by atoms with Crippen molar-refractivity contribution >= 4 is 17.6 Å². The van der Waals surface area contributed by atoms with Gasteiger partial charge in [0.05, 0.1) is 5.56 Å². The zero-order valence-electron chi connectivity index (χ0n) is 15.0. The Labute approximate surface area is 160 Å². The van der Waals surface area contributed by atoms with E-state index < -0.39 is 5.97 Å². The number of rotatable bonds is 7. The van der Waals surface area contributed by atoms with Crippen LogP contribution in [0.3, 0.4) is 0 Å². The van der Waals surface area contributed by atoms with Crippen molar-refractivity contribution in [2.75, 3.05) is 6.54 Å². The van der Waals surface area contributed by atoms with Crippen LogP contribution in [0.4, 0.5) is 0 Å². The number of nitrogens with zero attached hydrogens (tertiary/aromatic N) is 1. The molecule has 0 amide bonds. The van der Waals surface area contributed by atoms with Crippen LogP contribution in [-0.4, -0.2) is 22.5 Å². The summed E-state index contributed by atoms with van der Waals surface area (Å²) in [5.74, 6) is -0.119. The van der Waals surface area contributed by atoms with Gasteiger partial charge in [-0.05, 0) is 54.2 Å². The van der Waals surface area contributed by atoms with E-state index in [0.29, 0.717) is 5.56 Å². The molecule has 3 rings (SSSR count). The van der Waals surface area contributed by atoms with Crippen LogP contribution in [0, 0.1) is 5.92 Å². The minimum Gasteiger partial charge on any atom is -0.478 e. The molecule has 1 saturated carbocycles. The average Bonchev–Trinajstić information content (AvgIpc) is 2.65. The van der Waals surface area contributed by atoms with Crippen molar-refractivity contribution in [3.8, 4) is 0 Å². The lowest BCUT2D eigenvalue weighted by molar-refractivity contribution is 0.0697. The smallest absolute Gasteiger partial charge is 0.335 e. The van der Waals surface area contributed by atoms with Gasteiger partial charge < -0.3 is 5.11 Å². The Morgan fingerprint density at radius 1 is 0.923 bits per heavy atom. The van der Waals surface area contributed by atoms with E-state index in [4.69, 9.17) is 16.7 Å². The molecular weight excluding hydrogens is 346 g/mol. The van der Waals surface area contributed by atoms with Crippen molar-refractivity contribution in [2.24, 2.45) is 5.92 Å². The van der Waals surface area contributed by atoms with Gasteiger partial charge in [0, 0.05) is 24.7 Å². The third kappa shape index (κ3) is 5.58. The maximum absolute atomic E-state index is 11.0.